The molecule has 13 nitrogen and oxygen atoms in total. The molecule has 2 amide bonds. The fourth-order valence-corrected chi connectivity index (χ4v) is 9.41. The minimum absolute atomic E-state index is 0.0432. The van der Waals surface area contributed by atoms with Crippen molar-refractivity contribution in [3.05, 3.63) is 177 Å². The van der Waals surface area contributed by atoms with Gasteiger partial charge in [-0.05, 0) is 123 Å². The largest absolute Gasteiger partial charge is 0.506 e. The molecule has 13 heteroatoms. The van der Waals surface area contributed by atoms with E-state index in [1.165, 1.54) is 17.7 Å². The van der Waals surface area contributed by atoms with Gasteiger partial charge in [0.25, 0.3) is 11.8 Å². The first kappa shape index (κ1) is 47.7. The zero-order valence-corrected chi connectivity index (χ0v) is 38.2. The average molecular weight is 921 g/mol. The lowest BCUT2D eigenvalue weighted by Gasteiger charge is -2.33. The molecule has 0 spiro atoms. The van der Waals surface area contributed by atoms with Crippen molar-refractivity contribution in [1.82, 2.24) is 20.1 Å². The van der Waals surface area contributed by atoms with Crippen LogP contribution in [0, 0.1) is 5.92 Å². The summed E-state index contributed by atoms with van der Waals surface area (Å²) in [7, 11) is 0. The van der Waals surface area contributed by atoms with Crippen molar-refractivity contribution in [3.8, 4) is 11.5 Å². The van der Waals surface area contributed by atoms with Gasteiger partial charge in [0.15, 0.2) is 6.61 Å². The number of fused-ring (bicyclic) bond motifs is 1. The highest BCUT2D eigenvalue weighted by Crippen LogP contribution is 2.35. The molecule has 3 heterocycles. The number of likely N-dealkylation sites (tertiary alicyclic amines) is 2. The van der Waals surface area contributed by atoms with Gasteiger partial charge in [0.1, 0.15) is 11.5 Å². The van der Waals surface area contributed by atoms with E-state index in [1.807, 2.05) is 48.5 Å². The molecule has 2 saturated heterocycles. The first-order chi connectivity index (χ1) is 33.0. The third-order valence-corrected chi connectivity index (χ3v) is 13.2. The van der Waals surface area contributed by atoms with Crippen LogP contribution in [-0.4, -0.2) is 93.3 Å². The number of nitrogens with one attached hydrogen (secondary N) is 2. The summed E-state index contributed by atoms with van der Waals surface area (Å²) in [6.45, 7) is 3.50. The second kappa shape index (κ2) is 22.3. The van der Waals surface area contributed by atoms with E-state index in [0.717, 1.165) is 63.7 Å². The van der Waals surface area contributed by atoms with Gasteiger partial charge in [-0.15, -0.1) is 0 Å². The summed E-state index contributed by atoms with van der Waals surface area (Å²) in [5.41, 5.74) is 2.05. The number of nitrogens with zero attached hydrogens (tertiary/aromatic N) is 2. The molecule has 5 N–H and O–H groups in total. The van der Waals surface area contributed by atoms with E-state index < -0.39 is 17.7 Å². The van der Waals surface area contributed by atoms with Crippen LogP contribution in [0.3, 0.4) is 0 Å². The number of aliphatic hydroxyl groups excluding tert-OH is 1. The lowest BCUT2D eigenvalue weighted by molar-refractivity contribution is -0.164. The van der Waals surface area contributed by atoms with Gasteiger partial charge < -0.3 is 40.0 Å². The first-order valence-electron chi connectivity index (χ1n) is 23.7. The van der Waals surface area contributed by atoms with E-state index in [4.69, 9.17) is 9.47 Å². The number of hydrogen-bond donors (Lipinski definition) is 5. The number of aromatic amines is 1. The van der Waals surface area contributed by atoms with Crippen molar-refractivity contribution in [1.29, 1.82) is 0 Å². The molecule has 6 aromatic rings. The Kier molecular flexibility index (Phi) is 15.7. The summed E-state index contributed by atoms with van der Waals surface area (Å²) in [5, 5.41) is 36.9. The number of carbonyl (C=O) groups excluding carboxylic acids is 3. The predicted molar refractivity (Wildman–Crippen MR) is 259 cm³/mol. The van der Waals surface area contributed by atoms with Crippen LogP contribution in [0.5, 0.6) is 11.5 Å². The molecule has 0 unspecified atom stereocenters. The van der Waals surface area contributed by atoms with Gasteiger partial charge in [-0.3, -0.25) is 19.3 Å². The maximum absolute atomic E-state index is 13.9. The maximum Gasteiger partial charge on any atom is 0.347 e. The molecule has 3 atom stereocenters. The lowest BCUT2D eigenvalue weighted by atomic mass is 9.86. The molecule has 8 rings (SSSR count). The molecule has 2 aliphatic heterocycles. The molecule has 0 aliphatic carbocycles. The molecular formula is C55H60N4O9. The van der Waals surface area contributed by atoms with Gasteiger partial charge in [0.05, 0.1) is 18.2 Å². The molecule has 68 heavy (non-hydrogen) atoms. The number of aromatic hydroxyl groups is 1. The number of unbranched alkanes of at least 4 members (excludes halogenated alkanes) is 1. The molecule has 0 radical (unpaired) electrons. The number of rotatable bonds is 18. The number of aryl methyl sites for hydroxylation is 1. The summed E-state index contributed by atoms with van der Waals surface area (Å²) in [4.78, 5) is 59.3. The van der Waals surface area contributed by atoms with Crippen molar-refractivity contribution in [2.45, 2.75) is 75.7 Å². The van der Waals surface area contributed by atoms with E-state index in [-0.39, 0.29) is 53.9 Å². The van der Waals surface area contributed by atoms with Crippen LogP contribution in [-0.2, 0) is 32.9 Å². The number of phenolic OH excluding ortho intramolecular Hbond substituents is 1. The van der Waals surface area contributed by atoms with Crippen molar-refractivity contribution in [2.75, 3.05) is 39.4 Å². The normalized spacial score (nSPS) is 17.0. The van der Waals surface area contributed by atoms with Gasteiger partial charge in [0, 0.05) is 48.3 Å². The summed E-state index contributed by atoms with van der Waals surface area (Å²) in [6.07, 6.45) is 5.28. The fraction of sp³-hybridized carbons (Fsp3) is 0.345. The molecule has 1 aromatic heterocycles. The standard InChI is InChI=1S/C55H60N4O9/c60-48(46-24-26-49(61)52-47(46)25-27-50(62)57-52)19-8-7-11-38-20-22-41(23-21-38)53(64)59-30-10-17-44(35-59)56-51(63)37-67-45-18-9-16-43(33-45)55(66,42-14-5-2-6-15-42)54(65)68-36-40-28-31-58(32-29-40)34-39-12-3-1-4-13-39/h1-6,9,12-16,18,20-27,33,40,44,48,60-61,66H,7-8,10-11,17,19,28-32,34-37H2,(H,56,63)(H,57,62)/t44-,48-,55-/m0/s1. The Balaban J connectivity index is 0.792. The van der Waals surface area contributed by atoms with E-state index in [1.54, 1.807) is 65.6 Å². The van der Waals surface area contributed by atoms with Crippen molar-refractivity contribution in [2.24, 2.45) is 5.92 Å². The van der Waals surface area contributed by atoms with Crippen LogP contribution in [0.25, 0.3) is 10.9 Å². The highest BCUT2D eigenvalue weighted by atomic mass is 16.5. The van der Waals surface area contributed by atoms with Gasteiger partial charge in [0.2, 0.25) is 11.2 Å². The van der Waals surface area contributed by atoms with E-state index >= 15 is 0 Å². The number of hydrogen-bond acceptors (Lipinski definition) is 10. The highest BCUT2D eigenvalue weighted by Gasteiger charge is 2.42. The summed E-state index contributed by atoms with van der Waals surface area (Å²) >= 11 is 0. The Bertz CT molecular complexity index is 2700. The van der Waals surface area contributed by atoms with Gasteiger partial charge in [-0.2, -0.15) is 0 Å². The quantitative estimate of drug-likeness (QED) is 0.0438. The smallest absolute Gasteiger partial charge is 0.347 e. The SMILES string of the molecule is O=C(COc1cccc([C@](O)(C(=O)OCC2CCN(Cc3ccccc3)CC2)c2ccccc2)c1)N[C@H]1CCCN(C(=O)c2ccc(CCCC[C@H](O)c3ccc(O)c4[nH]c(=O)ccc34)cc2)C1. The third kappa shape index (κ3) is 11.8. The van der Waals surface area contributed by atoms with Crippen LogP contribution in [0.2, 0.25) is 0 Å². The van der Waals surface area contributed by atoms with Gasteiger partial charge in [-0.1, -0.05) is 97.4 Å². The van der Waals surface area contributed by atoms with Crippen molar-refractivity contribution in [3.63, 3.8) is 0 Å². The summed E-state index contributed by atoms with van der Waals surface area (Å²) in [5.74, 6) is -0.804. The topological polar surface area (TPSA) is 182 Å². The molecular weight excluding hydrogens is 861 g/mol. The number of carbonyl (C=O) groups is 3. The number of aromatic nitrogens is 1. The fourth-order valence-electron chi connectivity index (χ4n) is 9.41. The summed E-state index contributed by atoms with van der Waals surface area (Å²) < 4.78 is 11.8. The number of pyridine rings is 1. The Hall–Kier alpha value is -6.80. The first-order valence-corrected chi connectivity index (χ1v) is 23.7. The van der Waals surface area contributed by atoms with Crippen LogP contribution < -0.4 is 15.6 Å². The minimum atomic E-state index is -2.11. The van der Waals surface area contributed by atoms with Gasteiger partial charge in [-0.25, -0.2) is 4.79 Å². The predicted octanol–water partition coefficient (Wildman–Crippen LogP) is 7.17. The number of H-pyrrole nitrogens is 1. The number of ether oxygens (including phenoxy) is 2. The zero-order chi connectivity index (χ0) is 47.5. The van der Waals surface area contributed by atoms with Gasteiger partial charge >= 0.3 is 5.97 Å². The van der Waals surface area contributed by atoms with E-state index in [0.29, 0.717) is 59.3 Å². The van der Waals surface area contributed by atoms with Crippen LogP contribution in [0.1, 0.15) is 89.2 Å². The maximum atomic E-state index is 13.9. The second-order valence-corrected chi connectivity index (χ2v) is 18.1. The number of benzene rings is 5. The Labute approximate surface area is 396 Å². The molecule has 0 bridgehead atoms. The molecule has 2 fully saturated rings. The number of phenols is 1. The number of piperidine rings is 2. The van der Waals surface area contributed by atoms with Crippen LogP contribution >= 0.6 is 0 Å². The third-order valence-electron chi connectivity index (χ3n) is 13.2. The molecule has 0 saturated carbocycles. The number of aliphatic hydroxyl groups is 2. The van der Waals surface area contributed by atoms with Crippen LogP contribution in [0.4, 0.5) is 0 Å². The minimum Gasteiger partial charge on any atom is -0.506 e. The molecule has 5 aromatic carbocycles. The number of amides is 2. The zero-order valence-electron chi connectivity index (χ0n) is 38.2. The van der Waals surface area contributed by atoms with Crippen molar-refractivity contribution < 1.29 is 39.2 Å². The number of esters is 1. The average Bonchev–Trinajstić information content (AvgIpc) is 3.37. The van der Waals surface area contributed by atoms with Crippen LogP contribution in [0.15, 0.2) is 138 Å². The molecule has 2 aliphatic rings. The highest BCUT2D eigenvalue weighted by molar-refractivity contribution is 5.94. The second-order valence-electron chi connectivity index (χ2n) is 18.1. The summed E-state index contributed by atoms with van der Waals surface area (Å²) in [6, 6.07) is 39.1. The van der Waals surface area contributed by atoms with Crippen molar-refractivity contribution >= 4 is 28.7 Å². The van der Waals surface area contributed by atoms with E-state index in [2.05, 4.69) is 27.3 Å². The van der Waals surface area contributed by atoms with E-state index in [9.17, 15) is 34.5 Å². The Morgan fingerprint density at radius 2 is 1.53 bits per heavy atom. The lowest BCUT2D eigenvalue weighted by Crippen LogP contribution is -2.50. The Morgan fingerprint density at radius 3 is 2.29 bits per heavy atom. The monoisotopic (exact) mass is 920 g/mol. The molecule has 354 valence electrons. The Morgan fingerprint density at radius 1 is 0.794 bits per heavy atom.